The van der Waals surface area contributed by atoms with Gasteiger partial charge in [-0.25, -0.2) is 4.79 Å². The van der Waals surface area contributed by atoms with Crippen molar-refractivity contribution in [2.24, 2.45) is 0 Å². The van der Waals surface area contributed by atoms with Crippen molar-refractivity contribution in [2.45, 2.75) is 38.1 Å². The van der Waals surface area contributed by atoms with E-state index < -0.39 is 5.54 Å². The van der Waals surface area contributed by atoms with E-state index in [4.69, 9.17) is 4.74 Å². The van der Waals surface area contributed by atoms with Crippen LogP contribution in [0.1, 0.15) is 32.6 Å². The Morgan fingerprint density at radius 3 is 2.44 bits per heavy atom. The molecule has 5 nitrogen and oxygen atoms in total. The first-order valence-corrected chi connectivity index (χ1v) is 6.69. The summed E-state index contributed by atoms with van der Waals surface area (Å²) in [6.45, 7) is 4.90. The molecule has 5 heteroatoms. The Morgan fingerprint density at radius 2 is 1.83 bits per heavy atom. The second-order valence-electron chi connectivity index (χ2n) is 5.40. The summed E-state index contributed by atoms with van der Waals surface area (Å²) in [5.41, 5.74) is -0.758. The lowest BCUT2D eigenvalue weighted by Crippen LogP contribution is -2.53. The summed E-state index contributed by atoms with van der Waals surface area (Å²) in [5.74, 6) is -0.239. The van der Waals surface area contributed by atoms with Gasteiger partial charge in [0.15, 0.2) is 0 Å². The van der Waals surface area contributed by atoms with E-state index in [0.717, 1.165) is 19.5 Å². The van der Waals surface area contributed by atoms with Crippen LogP contribution in [0.5, 0.6) is 0 Å². The second kappa shape index (κ2) is 5.26. The van der Waals surface area contributed by atoms with Crippen LogP contribution in [0.15, 0.2) is 0 Å². The number of nitrogens with zero attached hydrogens (tertiary/aromatic N) is 2. The number of methoxy groups -OCH3 is 1. The molecule has 2 heterocycles. The molecule has 2 saturated heterocycles. The van der Waals surface area contributed by atoms with Crippen LogP contribution < -0.4 is 0 Å². The molecule has 1 amide bonds. The first-order chi connectivity index (χ1) is 8.58. The third kappa shape index (κ3) is 2.36. The molecule has 2 rings (SSSR count). The van der Waals surface area contributed by atoms with Crippen molar-refractivity contribution in [3.63, 3.8) is 0 Å². The molecule has 0 aromatic carbocycles. The van der Waals surface area contributed by atoms with Gasteiger partial charge in [-0.2, -0.15) is 0 Å². The molecule has 0 N–H and O–H groups in total. The Bertz CT molecular complexity index is 339. The molecule has 0 unspecified atom stereocenters. The summed E-state index contributed by atoms with van der Waals surface area (Å²) >= 11 is 0. The van der Waals surface area contributed by atoms with Gasteiger partial charge in [-0.1, -0.05) is 0 Å². The fourth-order valence-electron chi connectivity index (χ4n) is 3.01. The zero-order valence-electron chi connectivity index (χ0n) is 11.3. The van der Waals surface area contributed by atoms with E-state index in [0.29, 0.717) is 19.5 Å². The van der Waals surface area contributed by atoms with Gasteiger partial charge in [0, 0.05) is 6.54 Å². The summed E-state index contributed by atoms with van der Waals surface area (Å²) in [4.78, 5) is 28.0. The third-order valence-electron chi connectivity index (χ3n) is 4.12. The Hall–Kier alpha value is -1.10. The molecule has 2 aliphatic rings. The molecular formula is C13H22N2O3. The van der Waals surface area contributed by atoms with Crippen molar-refractivity contribution in [1.82, 2.24) is 9.80 Å². The first kappa shape index (κ1) is 13.3. The molecular weight excluding hydrogens is 232 g/mol. The minimum absolute atomic E-state index is 0.0577. The fourth-order valence-corrected chi connectivity index (χ4v) is 3.01. The highest BCUT2D eigenvalue weighted by Gasteiger charge is 2.46. The Kier molecular flexibility index (Phi) is 3.90. The number of carbonyl (C=O) groups is 2. The summed E-state index contributed by atoms with van der Waals surface area (Å²) in [6, 6.07) is 0. The lowest BCUT2D eigenvalue weighted by Gasteiger charge is -2.33. The molecule has 0 saturated carbocycles. The van der Waals surface area contributed by atoms with Crippen molar-refractivity contribution in [2.75, 3.05) is 33.3 Å². The van der Waals surface area contributed by atoms with Crippen LogP contribution in [0.4, 0.5) is 0 Å². The zero-order valence-corrected chi connectivity index (χ0v) is 11.3. The lowest BCUT2D eigenvalue weighted by atomic mass is 9.99. The fraction of sp³-hybridized carbons (Fsp3) is 0.846. The maximum atomic E-state index is 12.3. The van der Waals surface area contributed by atoms with Crippen molar-refractivity contribution in [1.29, 1.82) is 0 Å². The first-order valence-electron chi connectivity index (χ1n) is 6.69. The van der Waals surface area contributed by atoms with E-state index >= 15 is 0 Å². The maximum absolute atomic E-state index is 12.3. The van der Waals surface area contributed by atoms with Gasteiger partial charge in [-0.3, -0.25) is 9.69 Å². The largest absolute Gasteiger partial charge is 0.467 e. The predicted molar refractivity (Wildman–Crippen MR) is 67.0 cm³/mol. The molecule has 0 aromatic rings. The van der Waals surface area contributed by atoms with Crippen LogP contribution in [0.25, 0.3) is 0 Å². The highest BCUT2D eigenvalue weighted by Crippen LogP contribution is 2.30. The van der Waals surface area contributed by atoms with Gasteiger partial charge in [0.05, 0.1) is 13.7 Å². The quantitative estimate of drug-likeness (QED) is 0.693. The highest BCUT2D eigenvalue weighted by molar-refractivity contribution is 5.89. The van der Waals surface area contributed by atoms with Crippen LogP contribution >= 0.6 is 0 Å². The lowest BCUT2D eigenvalue weighted by molar-refractivity contribution is -0.158. The molecule has 0 radical (unpaired) electrons. The average Bonchev–Trinajstić information content (AvgIpc) is 2.98. The number of ether oxygens (including phenoxy) is 1. The van der Waals surface area contributed by atoms with Gasteiger partial charge in [-0.15, -0.1) is 0 Å². The molecule has 0 bridgehead atoms. The van der Waals surface area contributed by atoms with Crippen LogP contribution in [0.3, 0.4) is 0 Å². The SMILES string of the molecule is COC(=O)[C@]1(C)CCCN1C(=O)CN1CCCC1. The number of hydrogen-bond donors (Lipinski definition) is 0. The highest BCUT2D eigenvalue weighted by atomic mass is 16.5. The monoisotopic (exact) mass is 254 g/mol. The van der Waals surface area contributed by atoms with Gasteiger partial charge in [0.1, 0.15) is 5.54 Å². The van der Waals surface area contributed by atoms with E-state index in [-0.39, 0.29) is 11.9 Å². The van der Waals surface area contributed by atoms with Crippen molar-refractivity contribution in [3.8, 4) is 0 Å². The van der Waals surface area contributed by atoms with E-state index in [1.165, 1.54) is 20.0 Å². The third-order valence-corrected chi connectivity index (χ3v) is 4.12. The maximum Gasteiger partial charge on any atom is 0.331 e. The zero-order chi connectivity index (χ0) is 13.2. The molecule has 2 fully saturated rings. The molecule has 18 heavy (non-hydrogen) atoms. The van der Waals surface area contributed by atoms with Crippen molar-refractivity contribution in [3.05, 3.63) is 0 Å². The molecule has 102 valence electrons. The number of carbonyl (C=O) groups excluding carboxylic acids is 2. The number of hydrogen-bond acceptors (Lipinski definition) is 4. The number of amides is 1. The molecule has 0 spiro atoms. The minimum Gasteiger partial charge on any atom is -0.467 e. The Balaban J connectivity index is 2.01. The molecule has 0 aliphatic carbocycles. The predicted octanol–water partition coefficient (Wildman–Crippen LogP) is 0.636. The molecule has 0 aromatic heterocycles. The smallest absolute Gasteiger partial charge is 0.331 e. The summed E-state index contributed by atoms with van der Waals surface area (Å²) < 4.78 is 4.84. The summed E-state index contributed by atoms with van der Waals surface area (Å²) in [6.07, 6.45) is 3.91. The van der Waals surface area contributed by atoms with Crippen molar-refractivity contribution >= 4 is 11.9 Å². The van der Waals surface area contributed by atoms with Crippen LogP contribution in [-0.4, -0.2) is 60.5 Å². The minimum atomic E-state index is -0.758. The van der Waals surface area contributed by atoms with Crippen molar-refractivity contribution < 1.29 is 14.3 Å². The average molecular weight is 254 g/mol. The van der Waals surface area contributed by atoms with E-state index in [1.54, 1.807) is 4.90 Å². The Labute approximate surface area is 108 Å². The molecule has 1 atom stereocenters. The van der Waals surface area contributed by atoms with E-state index in [9.17, 15) is 9.59 Å². The number of rotatable bonds is 3. The van der Waals surface area contributed by atoms with E-state index in [2.05, 4.69) is 4.90 Å². The Morgan fingerprint density at radius 1 is 1.17 bits per heavy atom. The number of likely N-dealkylation sites (tertiary alicyclic amines) is 2. The topological polar surface area (TPSA) is 49.9 Å². The van der Waals surface area contributed by atoms with Gasteiger partial charge in [0.2, 0.25) is 5.91 Å². The summed E-state index contributed by atoms with van der Waals surface area (Å²) in [7, 11) is 1.38. The number of esters is 1. The van der Waals surface area contributed by atoms with Crippen LogP contribution in [0.2, 0.25) is 0 Å². The van der Waals surface area contributed by atoms with Gasteiger partial charge in [0.25, 0.3) is 0 Å². The van der Waals surface area contributed by atoms with Gasteiger partial charge < -0.3 is 9.64 Å². The van der Waals surface area contributed by atoms with Gasteiger partial charge >= 0.3 is 5.97 Å². The standard InChI is InChI=1S/C13H22N2O3/c1-13(12(17)18-2)6-5-9-15(13)11(16)10-14-7-3-4-8-14/h3-10H2,1-2H3/t13-/m0/s1. The molecule has 2 aliphatic heterocycles. The second-order valence-corrected chi connectivity index (χ2v) is 5.40. The van der Waals surface area contributed by atoms with Gasteiger partial charge in [-0.05, 0) is 45.7 Å². The summed E-state index contributed by atoms with van der Waals surface area (Å²) in [5, 5.41) is 0. The normalized spacial score (nSPS) is 28.7. The van der Waals surface area contributed by atoms with Crippen LogP contribution in [-0.2, 0) is 14.3 Å². The van der Waals surface area contributed by atoms with E-state index in [1.807, 2.05) is 6.92 Å². The van der Waals surface area contributed by atoms with Crippen LogP contribution in [0, 0.1) is 0 Å².